The molecule has 2 unspecified atom stereocenters. The predicted molar refractivity (Wildman–Crippen MR) is 133 cm³/mol. The Balaban J connectivity index is 1.63. The van der Waals surface area contributed by atoms with Crippen LogP contribution in [0.5, 0.6) is 0 Å². The van der Waals surface area contributed by atoms with E-state index in [1.165, 1.54) is 11.2 Å². The fourth-order valence-corrected chi connectivity index (χ4v) is 4.85. The van der Waals surface area contributed by atoms with Crippen LogP contribution in [0, 0.1) is 11.8 Å². The minimum atomic E-state index is -1.13. The highest BCUT2D eigenvalue weighted by Crippen LogP contribution is 2.39. The number of hydrogen-bond donors (Lipinski definition) is 1. The van der Waals surface area contributed by atoms with Crippen LogP contribution in [0.1, 0.15) is 47.5 Å². The summed E-state index contributed by atoms with van der Waals surface area (Å²) in [4.78, 5) is 50.8. The zero-order chi connectivity index (χ0) is 26.3. The largest absolute Gasteiger partial charge is 0.448 e. The van der Waals surface area contributed by atoms with Gasteiger partial charge in [0.1, 0.15) is 5.60 Å². The average molecular weight is 499 g/mol. The Bertz CT molecular complexity index is 1110. The third-order valence-corrected chi connectivity index (χ3v) is 6.60. The van der Waals surface area contributed by atoms with Crippen molar-refractivity contribution in [2.75, 3.05) is 31.6 Å². The summed E-state index contributed by atoms with van der Waals surface area (Å²) < 4.78 is 10.8. The molecule has 1 N–H and O–H groups in total. The van der Waals surface area contributed by atoms with Gasteiger partial charge in [0.25, 0.3) is 5.91 Å². The molecular formula is C25H34N6O5. The number of guanidine groups is 1. The topological polar surface area (TPSA) is 111 Å². The molecule has 4 amide bonds. The molecule has 0 spiro atoms. The molecule has 11 heteroatoms. The van der Waals surface area contributed by atoms with Crippen LogP contribution in [-0.2, 0) is 9.53 Å². The van der Waals surface area contributed by atoms with E-state index in [-0.39, 0.29) is 18.5 Å². The first-order chi connectivity index (χ1) is 17.0. The number of piperidine rings is 1. The third-order valence-electron chi connectivity index (χ3n) is 6.60. The maximum absolute atomic E-state index is 13.8. The Morgan fingerprint density at radius 3 is 2.75 bits per heavy atom. The molecule has 2 fully saturated rings. The number of anilines is 1. The molecule has 0 bridgehead atoms. The van der Waals surface area contributed by atoms with E-state index in [1.807, 2.05) is 25.7 Å². The van der Waals surface area contributed by atoms with Gasteiger partial charge in [0.15, 0.2) is 11.7 Å². The van der Waals surface area contributed by atoms with Crippen LogP contribution in [0.15, 0.2) is 27.8 Å². The van der Waals surface area contributed by atoms with Crippen LogP contribution in [0.3, 0.4) is 0 Å². The first-order valence-electron chi connectivity index (χ1n) is 12.1. The van der Waals surface area contributed by atoms with E-state index in [9.17, 15) is 14.4 Å². The Morgan fingerprint density at radius 2 is 2.11 bits per heavy atom. The lowest BCUT2D eigenvalue weighted by Gasteiger charge is -2.46. The predicted octanol–water partition coefficient (Wildman–Crippen LogP) is 2.45. The number of amides is 4. The summed E-state index contributed by atoms with van der Waals surface area (Å²) in [5, 5.41) is 2.95. The maximum Gasteiger partial charge on any atom is 0.407 e. The molecule has 0 aliphatic carbocycles. The van der Waals surface area contributed by atoms with Crippen molar-refractivity contribution in [3.05, 3.63) is 18.4 Å². The summed E-state index contributed by atoms with van der Waals surface area (Å²) in [5.74, 6) is 6.27. The number of nitrogens with zero attached hydrogens (tertiary/aromatic N) is 5. The molecule has 4 heterocycles. The number of carbonyl (C=O) groups is 3. The molecule has 0 saturated carbocycles. The zero-order valence-electron chi connectivity index (χ0n) is 21.7. The first-order valence-corrected chi connectivity index (χ1v) is 12.1. The molecule has 1 aromatic rings. The number of fused-ring (bicyclic) bond motifs is 1. The van der Waals surface area contributed by atoms with E-state index in [1.54, 1.807) is 33.0 Å². The van der Waals surface area contributed by atoms with Crippen molar-refractivity contribution in [3.63, 3.8) is 0 Å². The minimum absolute atomic E-state index is 0.152. The molecule has 1 aromatic heterocycles. The van der Waals surface area contributed by atoms with Crippen LogP contribution < -0.4 is 10.2 Å². The van der Waals surface area contributed by atoms with E-state index in [0.717, 1.165) is 17.7 Å². The number of hydrogen-bond acceptors (Lipinski definition) is 8. The van der Waals surface area contributed by atoms with Crippen molar-refractivity contribution in [2.24, 2.45) is 4.99 Å². The normalized spacial score (nSPS) is 26.3. The third kappa shape index (κ3) is 4.59. The summed E-state index contributed by atoms with van der Waals surface area (Å²) >= 11 is 0. The number of imide groups is 1. The Labute approximate surface area is 211 Å². The zero-order valence-corrected chi connectivity index (χ0v) is 21.7. The average Bonchev–Trinajstić information content (AvgIpc) is 3.42. The highest BCUT2D eigenvalue weighted by molar-refractivity contribution is 6.19. The monoisotopic (exact) mass is 498 g/mol. The number of urea groups is 1. The number of alkyl carbamates (subject to hydrolysis) is 1. The number of likely N-dealkylation sites (N-methyl/N-ethyl adjacent to an activating group) is 1. The van der Waals surface area contributed by atoms with Crippen LogP contribution in [0.25, 0.3) is 0 Å². The van der Waals surface area contributed by atoms with Gasteiger partial charge < -0.3 is 24.3 Å². The van der Waals surface area contributed by atoms with Gasteiger partial charge in [-0.25, -0.2) is 14.6 Å². The molecular weight excluding hydrogens is 464 g/mol. The quantitative estimate of drug-likeness (QED) is 0.638. The number of furan rings is 1. The number of rotatable bonds is 3. The lowest BCUT2D eigenvalue weighted by molar-refractivity contribution is -0.127. The van der Waals surface area contributed by atoms with E-state index in [4.69, 9.17) is 14.1 Å². The van der Waals surface area contributed by atoms with Gasteiger partial charge in [-0.1, -0.05) is 5.92 Å². The molecule has 36 heavy (non-hydrogen) atoms. The van der Waals surface area contributed by atoms with Gasteiger partial charge in [-0.2, -0.15) is 4.90 Å². The molecule has 3 aliphatic heterocycles. The molecule has 3 aliphatic rings. The molecule has 11 nitrogen and oxygen atoms in total. The summed E-state index contributed by atoms with van der Waals surface area (Å²) in [7, 11) is 1.64. The van der Waals surface area contributed by atoms with E-state index in [2.05, 4.69) is 22.1 Å². The van der Waals surface area contributed by atoms with Crippen molar-refractivity contribution in [3.8, 4) is 11.8 Å². The summed E-state index contributed by atoms with van der Waals surface area (Å²) in [6.07, 6.45) is 2.57. The molecule has 194 valence electrons. The fourth-order valence-electron chi connectivity index (χ4n) is 4.85. The standard InChI is InChI=1S/C25H34N6O5/c1-7-8-14-30-19-20(32)31(18-12-10-15-35-18)23(34)28(6)25(19,5)27-21(30)29-13-9-11-17(16-29)26-22(33)36-24(2,3)4/h10,12,15,17,19H,9,11,13-14,16H2,1-6H3,(H,26,33)/t17-,19?,25?/m1/s1. The number of ether oxygens (including phenoxy) is 1. The van der Waals surface area contributed by atoms with E-state index < -0.39 is 35.3 Å². The number of likely N-dealkylation sites (tertiary alicyclic amines) is 1. The van der Waals surface area contributed by atoms with E-state index >= 15 is 0 Å². The highest BCUT2D eigenvalue weighted by Gasteiger charge is 2.61. The van der Waals surface area contributed by atoms with Gasteiger partial charge in [0, 0.05) is 32.2 Å². The lowest BCUT2D eigenvalue weighted by atomic mass is 9.97. The molecule has 0 radical (unpaired) electrons. The molecule has 2 saturated heterocycles. The number of carbonyl (C=O) groups excluding carboxylic acids is 3. The van der Waals surface area contributed by atoms with Gasteiger partial charge in [0.05, 0.1) is 12.8 Å². The summed E-state index contributed by atoms with van der Waals surface area (Å²) in [6, 6.07) is 1.76. The number of nitrogens with one attached hydrogen (secondary N) is 1. The number of aliphatic imine (C=N–C) groups is 1. The van der Waals surface area contributed by atoms with Crippen LogP contribution >= 0.6 is 0 Å². The second kappa shape index (κ2) is 9.41. The lowest BCUT2D eigenvalue weighted by Crippen LogP contribution is -2.71. The Kier molecular flexibility index (Phi) is 6.64. The van der Waals surface area contributed by atoms with Crippen molar-refractivity contribution in [2.45, 2.75) is 70.8 Å². The molecule has 4 rings (SSSR count). The summed E-state index contributed by atoms with van der Waals surface area (Å²) in [5.41, 5.74) is -1.72. The van der Waals surface area contributed by atoms with Gasteiger partial charge >= 0.3 is 12.1 Å². The SMILES string of the molecule is CC#CCN1C(N2CCC[C@@H](NC(=O)OC(C)(C)C)C2)=NC2(C)C1C(=O)N(c1ccco1)C(=O)N2C. The van der Waals surface area contributed by atoms with Crippen molar-refractivity contribution in [1.82, 2.24) is 20.0 Å². The smallest absolute Gasteiger partial charge is 0.407 e. The second-order valence-electron chi connectivity index (χ2n) is 10.4. The van der Waals surface area contributed by atoms with E-state index in [0.29, 0.717) is 19.0 Å². The van der Waals surface area contributed by atoms with Gasteiger partial charge in [-0.05, 0) is 53.5 Å². The minimum Gasteiger partial charge on any atom is -0.448 e. The highest BCUT2D eigenvalue weighted by atomic mass is 16.6. The molecule has 0 aromatic carbocycles. The Hall–Kier alpha value is -3.68. The van der Waals surface area contributed by atoms with Crippen LogP contribution in [-0.4, -0.2) is 88.7 Å². The second-order valence-corrected chi connectivity index (χ2v) is 10.4. The van der Waals surface area contributed by atoms with Crippen LogP contribution in [0.2, 0.25) is 0 Å². The van der Waals surface area contributed by atoms with Crippen molar-refractivity contribution < 1.29 is 23.5 Å². The van der Waals surface area contributed by atoms with Gasteiger partial charge in [0.2, 0.25) is 11.8 Å². The first kappa shape index (κ1) is 25.4. The maximum atomic E-state index is 13.8. The van der Waals surface area contributed by atoms with Crippen molar-refractivity contribution >= 4 is 29.9 Å². The van der Waals surface area contributed by atoms with Gasteiger partial charge in [-0.15, -0.1) is 5.92 Å². The fraction of sp³-hybridized carbons (Fsp3) is 0.600. The summed E-state index contributed by atoms with van der Waals surface area (Å²) in [6.45, 7) is 10.4. The molecule has 3 atom stereocenters. The Morgan fingerprint density at radius 1 is 1.36 bits per heavy atom. The van der Waals surface area contributed by atoms with Crippen molar-refractivity contribution in [1.29, 1.82) is 0 Å². The van der Waals surface area contributed by atoms with Crippen LogP contribution in [0.4, 0.5) is 15.5 Å². The van der Waals surface area contributed by atoms with Gasteiger partial charge in [-0.3, -0.25) is 9.69 Å².